The van der Waals surface area contributed by atoms with Crippen molar-refractivity contribution in [2.75, 3.05) is 0 Å². The molecule has 0 saturated heterocycles. The number of rotatable bonds is 6. The molecule has 0 aromatic heterocycles. The maximum Gasteiger partial charge on any atom is 4.00 e. The molecule has 0 saturated carbocycles. The Morgan fingerprint density at radius 3 is 1.02 bits per heavy atom. The van der Waals surface area contributed by atoms with Crippen LogP contribution in [0.3, 0.4) is 0 Å². The molecule has 14 heteroatoms. The molecule has 6 aromatic carbocycles. The van der Waals surface area contributed by atoms with Gasteiger partial charge in [0.1, 0.15) is 0 Å². The van der Waals surface area contributed by atoms with E-state index >= 15 is 0 Å². The minimum atomic E-state index is -5.03. The molecule has 0 nitrogen and oxygen atoms in total. The van der Waals surface area contributed by atoms with E-state index in [9.17, 15) is 52.7 Å². The molecule has 0 aliphatic carbocycles. The molecule has 0 bridgehead atoms. The van der Waals surface area contributed by atoms with Gasteiger partial charge >= 0.3 is 50.5 Å². The molecule has 54 heavy (non-hydrogen) atoms. The first-order chi connectivity index (χ1) is 23.7. The van der Waals surface area contributed by atoms with E-state index in [4.69, 9.17) is 0 Å². The number of fused-ring (bicyclic) bond motifs is 2. The summed E-state index contributed by atoms with van der Waals surface area (Å²) < 4.78 is 165. The third-order valence-electron chi connectivity index (χ3n) is 9.61. The summed E-state index contributed by atoms with van der Waals surface area (Å²) in [6.07, 6.45) is -20.1. The number of benzene rings is 4. The Morgan fingerprint density at radius 1 is 0.463 bits per heavy atom. The van der Waals surface area contributed by atoms with Gasteiger partial charge in [-0.1, -0.05) is 49.2 Å². The fraction of sp³-hybridized carbons (Fsp3) is 0.200. The van der Waals surface area contributed by atoms with Crippen molar-refractivity contribution in [3.8, 4) is 22.3 Å². The Hall–Kier alpha value is -3.65. The van der Waals surface area contributed by atoms with Gasteiger partial charge in [-0.3, -0.25) is 0 Å². The minimum Gasteiger partial charge on any atom is -0.358 e. The van der Waals surface area contributed by atoms with Crippen molar-refractivity contribution in [3.05, 3.63) is 134 Å². The second kappa shape index (κ2) is 15.5. The van der Waals surface area contributed by atoms with Crippen LogP contribution in [-0.2, 0) is 50.5 Å². The Bertz CT molecular complexity index is 2020. The minimum absolute atomic E-state index is 0. The second-order valence-corrected chi connectivity index (χ2v) is 17.2. The molecule has 6 aromatic rings. The van der Waals surface area contributed by atoms with Crippen LogP contribution in [0.5, 0.6) is 0 Å². The summed E-state index contributed by atoms with van der Waals surface area (Å²) >= 11 is 0. The SMILES string of the molecule is CC[Si](CC)(c1cc2c(-c3cc(C(F)(F)F)cc(C(F)(F)F)c3)cccc2[cH-]1)c1cc2c(-c3cc(C(F)(F)F)cc(C(F)(F)F)c3)cccc2[cH-]1.[CH3-].[CH3-].[Hf+4]. The topological polar surface area (TPSA) is 0 Å². The van der Waals surface area contributed by atoms with Gasteiger partial charge in [0.15, 0.2) is 0 Å². The van der Waals surface area contributed by atoms with Gasteiger partial charge in [-0.2, -0.15) is 64.8 Å². The van der Waals surface area contributed by atoms with Crippen molar-refractivity contribution < 1.29 is 78.5 Å². The van der Waals surface area contributed by atoms with Crippen LogP contribution in [-0.4, -0.2) is 8.07 Å². The maximum atomic E-state index is 13.7. The normalized spacial score (nSPS) is 12.7. The number of halogens is 12. The summed E-state index contributed by atoms with van der Waals surface area (Å²) in [4.78, 5) is 0. The van der Waals surface area contributed by atoms with E-state index in [1.165, 1.54) is 12.1 Å². The summed E-state index contributed by atoms with van der Waals surface area (Å²) in [5, 5.41) is 3.72. The first kappa shape index (κ1) is 44.7. The number of hydrogen-bond acceptors (Lipinski definition) is 0. The fourth-order valence-corrected chi connectivity index (χ4v) is 11.2. The van der Waals surface area contributed by atoms with Gasteiger partial charge in [-0.15, -0.1) is 68.3 Å². The molecular weight excluding hydrogens is 915 g/mol. The standard InChI is InChI=1S/C38H26F12Si.2CH3.Hf/c1-3-51(4-2,29-15-21-7-5-9-31(33(21)19-29)23-11-25(35(39,40)41)17-26(12-23)36(42,43)44)30-16-22-8-6-10-32(34(22)20-30)24-13-27(37(45,46)47)18-28(14-24)38(48,49)50;;;/h5-20H,3-4H2,1-2H3;2*1H3;/q-2;2*-1;+4. The Balaban J connectivity index is 0.00000261. The molecule has 0 radical (unpaired) electrons. The predicted octanol–water partition coefficient (Wildman–Crippen LogP) is 13.3. The van der Waals surface area contributed by atoms with E-state index in [1.54, 1.807) is 36.4 Å². The molecule has 6 rings (SSSR count). The first-order valence-corrected chi connectivity index (χ1v) is 18.1. The molecule has 0 aliphatic heterocycles. The molecule has 0 fully saturated rings. The molecule has 284 valence electrons. The van der Waals surface area contributed by atoms with Crippen molar-refractivity contribution in [1.82, 2.24) is 0 Å². The molecule has 0 heterocycles. The third-order valence-corrected chi connectivity index (χ3v) is 14.8. The molecule has 0 N–H and O–H groups in total. The van der Waals surface area contributed by atoms with Crippen molar-refractivity contribution in [1.29, 1.82) is 0 Å². The summed E-state index contributed by atoms with van der Waals surface area (Å²) in [6, 6.07) is 20.7. The Kier molecular flexibility index (Phi) is 12.8. The molecular formula is C40H32F12HfSi. The van der Waals surface area contributed by atoms with Crippen LogP contribution in [0, 0.1) is 14.9 Å². The first-order valence-electron chi connectivity index (χ1n) is 15.7. The Morgan fingerprint density at radius 2 is 0.759 bits per heavy atom. The van der Waals surface area contributed by atoms with Crippen LogP contribution >= 0.6 is 0 Å². The van der Waals surface area contributed by atoms with E-state index in [2.05, 4.69) is 0 Å². The van der Waals surface area contributed by atoms with Gasteiger partial charge in [0, 0.05) is 0 Å². The van der Waals surface area contributed by atoms with Gasteiger partial charge in [-0.25, -0.2) is 0 Å². The smallest absolute Gasteiger partial charge is 0.358 e. The molecule has 0 aliphatic rings. The van der Waals surface area contributed by atoms with E-state index in [1.807, 2.05) is 26.0 Å². The monoisotopic (exact) mass is 948 g/mol. The zero-order valence-electron chi connectivity index (χ0n) is 29.2. The average molecular weight is 947 g/mol. The molecule has 0 spiro atoms. The van der Waals surface area contributed by atoms with Crippen molar-refractivity contribution in [2.45, 2.75) is 50.6 Å². The zero-order valence-corrected chi connectivity index (χ0v) is 33.8. The third kappa shape index (κ3) is 8.29. The van der Waals surface area contributed by atoms with E-state index < -0.39 is 55.0 Å². The van der Waals surface area contributed by atoms with Crippen molar-refractivity contribution >= 4 is 40.0 Å². The molecule has 0 atom stereocenters. The fourth-order valence-electron chi connectivity index (χ4n) is 6.98. The number of alkyl halides is 12. The zero-order chi connectivity index (χ0) is 37.3. The van der Waals surface area contributed by atoms with Crippen LogP contribution < -0.4 is 10.4 Å². The summed E-state index contributed by atoms with van der Waals surface area (Å²) in [5.74, 6) is 0. The van der Waals surface area contributed by atoms with E-state index in [-0.39, 0.29) is 75.1 Å². The van der Waals surface area contributed by atoms with Crippen LogP contribution in [0.15, 0.2) is 97.1 Å². The van der Waals surface area contributed by atoms with Gasteiger partial charge in [0.05, 0.1) is 30.3 Å². The predicted molar refractivity (Wildman–Crippen MR) is 189 cm³/mol. The summed E-state index contributed by atoms with van der Waals surface area (Å²) in [5.41, 5.74) is -5.94. The van der Waals surface area contributed by atoms with Crippen LogP contribution in [0.1, 0.15) is 36.1 Å². The number of hydrogen-bond donors (Lipinski definition) is 0. The Labute approximate surface area is 324 Å². The summed E-state index contributed by atoms with van der Waals surface area (Å²) in [6.45, 7) is 3.88. The van der Waals surface area contributed by atoms with Crippen LogP contribution in [0.2, 0.25) is 12.1 Å². The molecule has 0 amide bonds. The largest absolute Gasteiger partial charge is 4.00 e. The van der Waals surface area contributed by atoms with Gasteiger partial charge in [0.25, 0.3) is 0 Å². The van der Waals surface area contributed by atoms with Crippen LogP contribution in [0.25, 0.3) is 43.8 Å². The quantitative estimate of drug-likeness (QED) is 0.0887. The van der Waals surface area contributed by atoms with Gasteiger partial charge < -0.3 is 14.9 Å². The van der Waals surface area contributed by atoms with Gasteiger partial charge in [-0.05, 0) is 47.5 Å². The van der Waals surface area contributed by atoms with Gasteiger partial charge in [0.2, 0.25) is 0 Å². The maximum absolute atomic E-state index is 13.7. The van der Waals surface area contributed by atoms with Crippen molar-refractivity contribution in [2.24, 2.45) is 0 Å². The molecule has 0 unspecified atom stereocenters. The summed E-state index contributed by atoms with van der Waals surface area (Å²) in [7, 11) is -2.79. The van der Waals surface area contributed by atoms with E-state index in [0.29, 0.717) is 57.9 Å². The van der Waals surface area contributed by atoms with Crippen molar-refractivity contribution in [3.63, 3.8) is 0 Å². The van der Waals surface area contributed by atoms with E-state index in [0.717, 1.165) is 10.4 Å². The average Bonchev–Trinajstić information content (AvgIpc) is 3.69. The van der Waals surface area contributed by atoms with Crippen LogP contribution in [0.4, 0.5) is 52.7 Å². The second-order valence-electron chi connectivity index (χ2n) is 12.5.